The van der Waals surface area contributed by atoms with E-state index in [9.17, 15) is 14.9 Å². The molecule has 0 saturated carbocycles. The van der Waals surface area contributed by atoms with Gasteiger partial charge in [-0.1, -0.05) is 12.1 Å². The van der Waals surface area contributed by atoms with Gasteiger partial charge in [0.1, 0.15) is 23.2 Å². The molecular formula is C19H20N2O6. The van der Waals surface area contributed by atoms with E-state index < -0.39 is 17.9 Å². The number of carboxylic acid groups (broad SMARTS) is 1. The largest absolute Gasteiger partial charge is 0.496 e. The van der Waals surface area contributed by atoms with Crippen LogP contribution in [0.3, 0.4) is 0 Å². The summed E-state index contributed by atoms with van der Waals surface area (Å²) in [5.74, 6) is -2.01. The first-order valence-corrected chi connectivity index (χ1v) is 8.18. The maximum Gasteiger partial charge on any atom is 0.338 e. The number of ether oxygens (including phenoxy) is 3. The number of benzene rings is 1. The SMILES string of the molecule is CCOC(=O)C1=C(C)OC(N)=C(C#N)C1c1ccc(CC(=O)O)cc1OC. The van der Waals surface area contributed by atoms with E-state index in [1.54, 1.807) is 32.0 Å². The molecule has 0 fully saturated rings. The van der Waals surface area contributed by atoms with Crippen LogP contribution in [0.2, 0.25) is 0 Å². The standard InChI is InChI=1S/C19H20N2O6/c1-4-26-19(24)16-10(2)27-18(21)13(9-20)17(16)12-6-5-11(8-15(22)23)7-14(12)25-3/h5-7,17H,4,8,21H2,1-3H3,(H,22,23). The summed E-state index contributed by atoms with van der Waals surface area (Å²) in [5, 5.41) is 18.6. The van der Waals surface area contributed by atoms with Crippen molar-refractivity contribution in [2.45, 2.75) is 26.2 Å². The van der Waals surface area contributed by atoms with Crippen molar-refractivity contribution >= 4 is 11.9 Å². The Morgan fingerprint density at radius 2 is 2.11 bits per heavy atom. The summed E-state index contributed by atoms with van der Waals surface area (Å²) in [5.41, 5.74) is 7.06. The molecule has 1 aromatic carbocycles. The molecule has 1 aliphatic rings. The lowest BCUT2D eigenvalue weighted by atomic mass is 9.82. The Morgan fingerprint density at radius 3 is 2.67 bits per heavy atom. The molecule has 27 heavy (non-hydrogen) atoms. The highest BCUT2D eigenvalue weighted by Gasteiger charge is 2.37. The number of carbonyl (C=O) groups excluding carboxylic acids is 1. The van der Waals surface area contributed by atoms with Gasteiger partial charge in [-0.3, -0.25) is 4.79 Å². The third-order valence-electron chi connectivity index (χ3n) is 4.07. The minimum Gasteiger partial charge on any atom is -0.496 e. The van der Waals surface area contributed by atoms with E-state index in [0.29, 0.717) is 16.9 Å². The van der Waals surface area contributed by atoms with E-state index in [-0.39, 0.29) is 35.8 Å². The summed E-state index contributed by atoms with van der Waals surface area (Å²) in [6.45, 7) is 3.38. The zero-order chi connectivity index (χ0) is 20.1. The van der Waals surface area contributed by atoms with E-state index in [2.05, 4.69) is 0 Å². The summed E-state index contributed by atoms with van der Waals surface area (Å²) >= 11 is 0. The highest BCUT2D eigenvalue weighted by Crippen LogP contribution is 2.43. The topological polar surface area (TPSA) is 132 Å². The molecule has 1 atom stereocenters. The fraction of sp³-hybridized carbons (Fsp3) is 0.316. The van der Waals surface area contributed by atoms with Gasteiger partial charge in [0.15, 0.2) is 0 Å². The molecule has 0 aromatic heterocycles. The molecule has 1 unspecified atom stereocenters. The van der Waals surface area contributed by atoms with Crippen molar-refractivity contribution in [2.75, 3.05) is 13.7 Å². The molecule has 1 aromatic rings. The van der Waals surface area contributed by atoms with E-state index in [1.807, 2.05) is 6.07 Å². The number of nitriles is 1. The van der Waals surface area contributed by atoms with Gasteiger partial charge in [-0.15, -0.1) is 0 Å². The average Bonchev–Trinajstić information content (AvgIpc) is 2.60. The number of nitrogens with two attached hydrogens (primary N) is 1. The van der Waals surface area contributed by atoms with Crippen molar-refractivity contribution in [2.24, 2.45) is 5.73 Å². The maximum atomic E-state index is 12.5. The second-order valence-electron chi connectivity index (χ2n) is 5.76. The van der Waals surface area contributed by atoms with Crippen molar-refractivity contribution in [3.05, 3.63) is 52.1 Å². The first-order chi connectivity index (χ1) is 12.8. The van der Waals surface area contributed by atoms with E-state index in [0.717, 1.165) is 0 Å². The van der Waals surface area contributed by atoms with Crippen LogP contribution in [0.5, 0.6) is 5.75 Å². The number of rotatable bonds is 6. The fourth-order valence-electron chi connectivity index (χ4n) is 2.94. The minimum atomic E-state index is -0.985. The lowest BCUT2D eigenvalue weighted by Gasteiger charge is -2.28. The predicted molar refractivity (Wildman–Crippen MR) is 94.3 cm³/mol. The van der Waals surface area contributed by atoms with Crippen molar-refractivity contribution in [1.29, 1.82) is 5.26 Å². The number of allylic oxidation sites excluding steroid dienone is 2. The summed E-state index contributed by atoms with van der Waals surface area (Å²) in [6.07, 6.45) is -0.187. The third-order valence-corrected chi connectivity index (χ3v) is 4.07. The van der Waals surface area contributed by atoms with Gasteiger partial charge in [-0.2, -0.15) is 5.26 Å². The minimum absolute atomic E-state index is 0.0490. The van der Waals surface area contributed by atoms with Gasteiger partial charge in [0.05, 0.1) is 31.6 Å². The maximum absolute atomic E-state index is 12.5. The number of hydrogen-bond donors (Lipinski definition) is 2. The van der Waals surface area contributed by atoms with Gasteiger partial charge in [0, 0.05) is 5.56 Å². The first-order valence-electron chi connectivity index (χ1n) is 8.18. The van der Waals surface area contributed by atoms with Crippen LogP contribution in [0.4, 0.5) is 0 Å². The van der Waals surface area contributed by atoms with Crippen molar-refractivity contribution in [3.63, 3.8) is 0 Å². The molecule has 2 rings (SSSR count). The summed E-state index contributed by atoms with van der Waals surface area (Å²) in [6, 6.07) is 6.76. The lowest BCUT2D eigenvalue weighted by Crippen LogP contribution is -2.26. The molecule has 8 nitrogen and oxygen atoms in total. The predicted octanol–water partition coefficient (Wildman–Crippen LogP) is 1.97. The lowest BCUT2D eigenvalue weighted by molar-refractivity contribution is -0.139. The Labute approximate surface area is 156 Å². The molecule has 0 aliphatic carbocycles. The Kier molecular flexibility index (Phi) is 6.08. The van der Waals surface area contributed by atoms with Crippen LogP contribution in [-0.2, 0) is 25.5 Å². The Bertz CT molecular complexity index is 879. The zero-order valence-corrected chi connectivity index (χ0v) is 15.2. The molecule has 1 heterocycles. The summed E-state index contributed by atoms with van der Waals surface area (Å²) in [4.78, 5) is 23.5. The molecule has 0 saturated heterocycles. The number of carbonyl (C=O) groups is 2. The van der Waals surface area contributed by atoms with E-state index >= 15 is 0 Å². The Hall–Kier alpha value is -3.47. The monoisotopic (exact) mass is 372 g/mol. The highest BCUT2D eigenvalue weighted by molar-refractivity contribution is 5.92. The van der Waals surface area contributed by atoms with Crippen LogP contribution in [0.1, 0.15) is 30.9 Å². The molecule has 0 bridgehead atoms. The number of methoxy groups -OCH3 is 1. The molecular weight excluding hydrogens is 352 g/mol. The Morgan fingerprint density at radius 1 is 1.41 bits per heavy atom. The van der Waals surface area contributed by atoms with Crippen LogP contribution >= 0.6 is 0 Å². The molecule has 8 heteroatoms. The first kappa shape index (κ1) is 19.8. The third kappa shape index (κ3) is 4.03. The summed E-state index contributed by atoms with van der Waals surface area (Å²) < 4.78 is 15.9. The number of carboxylic acids is 1. The van der Waals surface area contributed by atoms with Crippen molar-refractivity contribution in [1.82, 2.24) is 0 Å². The van der Waals surface area contributed by atoms with Gasteiger partial charge < -0.3 is 25.1 Å². The molecule has 3 N–H and O–H groups in total. The molecule has 0 spiro atoms. The number of hydrogen-bond acceptors (Lipinski definition) is 7. The zero-order valence-electron chi connectivity index (χ0n) is 15.2. The second kappa shape index (κ2) is 8.27. The smallest absolute Gasteiger partial charge is 0.338 e. The normalized spacial score (nSPS) is 16.4. The van der Waals surface area contributed by atoms with Crippen molar-refractivity contribution < 1.29 is 28.9 Å². The number of nitrogens with zero attached hydrogens (tertiary/aromatic N) is 1. The molecule has 0 radical (unpaired) electrons. The fourth-order valence-corrected chi connectivity index (χ4v) is 2.94. The van der Waals surface area contributed by atoms with Crippen LogP contribution in [0.15, 0.2) is 41.0 Å². The highest BCUT2D eigenvalue weighted by atomic mass is 16.5. The van der Waals surface area contributed by atoms with E-state index in [1.165, 1.54) is 7.11 Å². The van der Waals surface area contributed by atoms with Crippen molar-refractivity contribution in [3.8, 4) is 11.8 Å². The number of esters is 1. The average molecular weight is 372 g/mol. The van der Waals surface area contributed by atoms with Gasteiger partial charge in [0.25, 0.3) is 0 Å². The number of aliphatic carboxylic acids is 1. The second-order valence-corrected chi connectivity index (χ2v) is 5.76. The molecule has 0 amide bonds. The van der Waals surface area contributed by atoms with Gasteiger partial charge in [-0.05, 0) is 25.5 Å². The quantitative estimate of drug-likeness (QED) is 0.724. The van der Waals surface area contributed by atoms with Crippen LogP contribution in [-0.4, -0.2) is 30.8 Å². The Balaban J connectivity index is 2.65. The van der Waals surface area contributed by atoms with Gasteiger partial charge in [-0.25, -0.2) is 4.79 Å². The van der Waals surface area contributed by atoms with Crippen LogP contribution in [0.25, 0.3) is 0 Å². The van der Waals surface area contributed by atoms with E-state index in [4.69, 9.17) is 25.1 Å². The van der Waals surface area contributed by atoms with Gasteiger partial charge >= 0.3 is 11.9 Å². The van der Waals surface area contributed by atoms with Gasteiger partial charge in [0.2, 0.25) is 5.88 Å². The molecule has 142 valence electrons. The van der Waals surface area contributed by atoms with Crippen LogP contribution in [0, 0.1) is 11.3 Å². The summed E-state index contributed by atoms with van der Waals surface area (Å²) in [7, 11) is 1.42. The molecule has 1 aliphatic heterocycles. The van der Waals surface area contributed by atoms with Crippen LogP contribution < -0.4 is 10.5 Å².